The number of allylic oxidation sites excluding steroid dienone is 1. The number of hydrogen-bond donors (Lipinski definition) is 1. The van der Waals surface area contributed by atoms with Crippen molar-refractivity contribution in [2.75, 3.05) is 0 Å². The molecule has 0 aliphatic rings. The van der Waals surface area contributed by atoms with E-state index >= 15 is 0 Å². The molecule has 2 unspecified atom stereocenters. The van der Waals surface area contributed by atoms with Crippen molar-refractivity contribution in [3.8, 4) is 0 Å². The van der Waals surface area contributed by atoms with Gasteiger partial charge in [-0.1, -0.05) is 13.0 Å². The van der Waals surface area contributed by atoms with Gasteiger partial charge in [0, 0.05) is 5.92 Å². The molecule has 1 N–H and O–H groups in total. The van der Waals surface area contributed by atoms with Crippen LogP contribution in [0.1, 0.15) is 13.8 Å². The molecule has 2 atom stereocenters. The van der Waals surface area contributed by atoms with E-state index in [0.29, 0.717) is 0 Å². The third kappa shape index (κ3) is 1.56. The summed E-state index contributed by atoms with van der Waals surface area (Å²) in [6.07, 6.45) is 1.29. The molecule has 0 bridgehead atoms. The van der Waals surface area contributed by atoms with E-state index in [-0.39, 0.29) is 0 Å². The Labute approximate surface area is 59.4 Å². The fourth-order valence-corrected chi connectivity index (χ4v) is 0.416. The predicted molar refractivity (Wildman–Crippen MR) is 36.5 cm³/mol. The Balaban J connectivity index is 4.38. The largest absolute Gasteiger partial charge is 0.479 e. The van der Waals surface area contributed by atoms with Crippen LogP contribution in [0.2, 0.25) is 0 Å². The van der Waals surface area contributed by atoms with Gasteiger partial charge in [-0.15, -0.1) is 6.58 Å². The van der Waals surface area contributed by atoms with E-state index in [4.69, 9.17) is 5.11 Å². The van der Waals surface area contributed by atoms with Crippen LogP contribution in [0.15, 0.2) is 12.7 Å². The van der Waals surface area contributed by atoms with Gasteiger partial charge in [-0.05, 0) is 6.92 Å². The highest BCUT2D eigenvalue weighted by Crippen LogP contribution is 2.22. The van der Waals surface area contributed by atoms with E-state index in [1.165, 1.54) is 13.0 Å². The summed E-state index contributed by atoms with van der Waals surface area (Å²) in [5.74, 6) is -2.11. The van der Waals surface area contributed by atoms with Gasteiger partial charge in [0.25, 0.3) is 0 Å². The van der Waals surface area contributed by atoms with E-state index in [2.05, 4.69) is 6.58 Å². The monoisotopic (exact) mass is 146 g/mol. The summed E-state index contributed by atoms with van der Waals surface area (Å²) in [4.78, 5) is 10.2. The molecule has 0 aromatic rings. The summed E-state index contributed by atoms with van der Waals surface area (Å²) in [6, 6.07) is 0. The van der Waals surface area contributed by atoms with Crippen molar-refractivity contribution in [2.45, 2.75) is 19.5 Å². The van der Waals surface area contributed by atoms with Gasteiger partial charge >= 0.3 is 5.97 Å². The molecule has 0 aromatic carbocycles. The molecule has 2 nitrogen and oxygen atoms in total. The topological polar surface area (TPSA) is 37.3 Å². The Morgan fingerprint density at radius 1 is 1.90 bits per heavy atom. The zero-order chi connectivity index (χ0) is 8.36. The Morgan fingerprint density at radius 3 is 2.40 bits per heavy atom. The van der Waals surface area contributed by atoms with Gasteiger partial charge in [0.05, 0.1) is 0 Å². The second-order valence-electron chi connectivity index (χ2n) is 2.41. The van der Waals surface area contributed by atoms with Crippen LogP contribution in [0.3, 0.4) is 0 Å². The van der Waals surface area contributed by atoms with Crippen LogP contribution < -0.4 is 0 Å². The molecule has 58 valence electrons. The molecule has 0 aliphatic carbocycles. The lowest BCUT2D eigenvalue weighted by Gasteiger charge is -2.19. The number of rotatable bonds is 3. The molecule has 0 amide bonds. The summed E-state index contributed by atoms with van der Waals surface area (Å²) in [6.45, 7) is 5.81. The van der Waals surface area contributed by atoms with Gasteiger partial charge in [-0.3, -0.25) is 0 Å². The molecule has 0 saturated carbocycles. The quantitative estimate of drug-likeness (QED) is 0.614. The van der Waals surface area contributed by atoms with Gasteiger partial charge < -0.3 is 5.11 Å². The van der Waals surface area contributed by atoms with Gasteiger partial charge in [0.2, 0.25) is 5.67 Å². The van der Waals surface area contributed by atoms with Crippen molar-refractivity contribution in [3.05, 3.63) is 12.7 Å². The van der Waals surface area contributed by atoms with E-state index in [9.17, 15) is 9.18 Å². The lowest BCUT2D eigenvalue weighted by molar-refractivity contribution is -0.151. The maximum absolute atomic E-state index is 12.9. The number of carbonyl (C=O) groups is 1. The van der Waals surface area contributed by atoms with Gasteiger partial charge in [0.15, 0.2) is 0 Å². The number of aliphatic carboxylic acids is 1. The average molecular weight is 146 g/mol. The standard InChI is InChI=1S/C7H11FO2/c1-4-5(2)7(3,8)6(9)10/h4-5H,1H2,2-3H3,(H,9,10). The van der Waals surface area contributed by atoms with Crippen LogP contribution in [-0.4, -0.2) is 16.7 Å². The molecule has 0 saturated heterocycles. The minimum atomic E-state index is -2.19. The molecule has 0 heterocycles. The molecular weight excluding hydrogens is 135 g/mol. The van der Waals surface area contributed by atoms with Crippen LogP contribution in [0, 0.1) is 5.92 Å². The lowest BCUT2D eigenvalue weighted by atomic mass is 9.93. The zero-order valence-corrected chi connectivity index (χ0v) is 6.10. The van der Waals surface area contributed by atoms with Crippen LogP contribution >= 0.6 is 0 Å². The lowest BCUT2D eigenvalue weighted by Crippen LogP contribution is -2.35. The van der Waals surface area contributed by atoms with Crippen molar-refractivity contribution in [3.63, 3.8) is 0 Å². The predicted octanol–water partition coefficient (Wildman–Crippen LogP) is 1.62. The van der Waals surface area contributed by atoms with E-state index in [1.54, 1.807) is 0 Å². The second kappa shape index (κ2) is 2.82. The van der Waals surface area contributed by atoms with Crippen LogP contribution in [0.4, 0.5) is 4.39 Å². The third-order valence-electron chi connectivity index (χ3n) is 1.63. The minimum absolute atomic E-state index is 0.662. The first-order chi connectivity index (χ1) is 4.42. The van der Waals surface area contributed by atoms with Gasteiger partial charge in [-0.2, -0.15) is 0 Å². The molecule has 0 rings (SSSR count). The minimum Gasteiger partial charge on any atom is -0.479 e. The number of alkyl halides is 1. The molecule has 0 fully saturated rings. The Morgan fingerprint density at radius 2 is 2.30 bits per heavy atom. The van der Waals surface area contributed by atoms with E-state index in [1.807, 2.05) is 0 Å². The first-order valence-corrected chi connectivity index (χ1v) is 2.97. The smallest absolute Gasteiger partial charge is 0.341 e. The maximum atomic E-state index is 12.9. The first kappa shape index (κ1) is 9.14. The van der Waals surface area contributed by atoms with Gasteiger partial charge in [-0.25, -0.2) is 9.18 Å². The number of hydrogen-bond acceptors (Lipinski definition) is 1. The molecule has 0 aliphatic heterocycles. The van der Waals surface area contributed by atoms with Crippen LogP contribution in [0.5, 0.6) is 0 Å². The SMILES string of the molecule is C=CC(C)C(C)(F)C(=O)O. The van der Waals surface area contributed by atoms with Crippen molar-refractivity contribution in [1.82, 2.24) is 0 Å². The second-order valence-corrected chi connectivity index (χ2v) is 2.41. The molecule has 0 radical (unpaired) electrons. The van der Waals surface area contributed by atoms with Crippen molar-refractivity contribution < 1.29 is 14.3 Å². The highest BCUT2D eigenvalue weighted by molar-refractivity contribution is 5.77. The van der Waals surface area contributed by atoms with Crippen molar-refractivity contribution in [2.24, 2.45) is 5.92 Å². The zero-order valence-electron chi connectivity index (χ0n) is 6.10. The highest BCUT2D eigenvalue weighted by Gasteiger charge is 2.37. The van der Waals surface area contributed by atoms with E-state index < -0.39 is 17.6 Å². The summed E-state index contributed by atoms with van der Waals surface area (Å²) < 4.78 is 12.9. The summed E-state index contributed by atoms with van der Waals surface area (Å²) in [5, 5.41) is 8.32. The molecule has 10 heavy (non-hydrogen) atoms. The average Bonchev–Trinajstić information content (AvgIpc) is 1.86. The normalized spacial score (nSPS) is 19.1. The molecule has 0 spiro atoms. The number of carboxylic acids is 1. The molecule has 0 aromatic heterocycles. The summed E-state index contributed by atoms with van der Waals surface area (Å²) in [7, 11) is 0. The van der Waals surface area contributed by atoms with Crippen LogP contribution in [0.25, 0.3) is 0 Å². The molecular formula is C7H11FO2. The Bertz CT molecular complexity index is 152. The number of carboxylic acid groups (broad SMARTS) is 1. The van der Waals surface area contributed by atoms with Crippen molar-refractivity contribution in [1.29, 1.82) is 0 Å². The van der Waals surface area contributed by atoms with Crippen molar-refractivity contribution >= 4 is 5.97 Å². The summed E-state index contributed by atoms with van der Waals surface area (Å²) >= 11 is 0. The van der Waals surface area contributed by atoms with E-state index in [0.717, 1.165) is 6.92 Å². The first-order valence-electron chi connectivity index (χ1n) is 2.97. The fraction of sp³-hybridized carbons (Fsp3) is 0.571. The molecule has 3 heteroatoms. The summed E-state index contributed by atoms with van der Waals surface area (Å²) in [5.41, 5.74) is -2.19. The Hall–Kier alpha value is -0.860. The maximum Gasteiger partial charge on any atom is 0.341 e. The van der Waals surface area contributed by atoms with Crippen LogP contribution in [-0.2, 0) is 4.79 Å². The number of halogens is 1. The van der Waals surface area contributed by atoms with Gasteiger partial charge in [0.1, 0.15) is 0 Å². The third-order valence-corrected chi connectivity index (χ3v) is 1.63. The fourth-order valence-electron chi connectivity index (χ4n) is 0.416. The Kier molecular flexibility index (Phi) is 2.57. The highest BCUT2D eigenvalue weighted by atomic mass is 19.1.